The third-order valence-corrected chi connectivity index (χ3v) is 5.02. The van der Waals surface area contributed by atoms with E-state index in [1.54, 1.807) is 37.3 Å². The molecule has 0 fully saturated rings. The van der Waals surface area contributed by atoms with Crippen molar-refractivity contribution in [3.8, 4) is 0 Å². The molecular formula is C20H22N2O5. The summed E-state index contributed by atoms with van der Waals surface area (Å²) in [5.41, 5.74) is 1.71. The van der Waals surface area contributed by atoms with Gasteiger partial charge in [0.1, 0.15) is 0 Å². The molecule has 0 amide bonds. The van der Waals surface area contributed by atoms with Crippen molar-refractivity contribution in [1.29, 1.82) is 0 Å². The number of aliphatic hydroxyl groups is 1. The Balaban J connectivity index is 2.02. The lowest BCUT2D eigenvalue weighted by molar-refractivity contribution is -0.384. The van der Waals surface area contributed by atoms with E-state index < -0.39 is 22.4 Å². The molecule has 7 heteroatoms. The van der Waals surface area contributed by atoms with Crippen molar-refractivity contribution < 1.29 is 19.6 Å². The van der Waals surface area contributed by atoms with Gasteiger partial charge in [-0.2, -0.15) is 0 Å². The van der Waals surface area contributed by atoms with Crippen molar-refractivity contribution in [3.63, 3.8) is 0 Å². The third-order valence-electron chi connectivity index (χ3n) is 5.02. The summed E-state index contributed by atoms with van der Waals surface area (Å²) in [5.74, 6) is -0.439. The van der Waals surface area contributed by atoms with E-state index in [9.17, 15) is 20.0 Å². The molecule has 0 aromatic heterocycles. The SMILES string of the molecule is CCOC(=O)c1ccc2c(c1)C(O)C(C)(C)C(c1cccc([N+](=O)[O-])c1)N2. The van der Waals surface area contributed by atoms with Crippen LogP contribution in [-0.4, -0.2) is 22.6 Å². The Labute approximate surface area is 157 Å². The number of fused-ring (bicyclic) bond motifs is 1. The zero-order valence-corrected chi connectivity index (χ0v) is 15.4. The van der Waals surface area contributed by atoms with Crippen molar-refractivity contribution >= 4 is 17.3 Å². The number of nitro groups is 1. The van der Waals surface area contributed by atoms with Crippen LogP contribution in [0.1, 0.15) is 54.4 Å². The van der Waals surface area contributed by atoms with Gasteiger partial charge in [0.15, 0.2) is 0 Å². The summed E-state index contributed by atoms with van der Waals surface area (Å²) in [4.78, 5) is 22.7. The fourth-order valence-corrected chi connectivity index (χ4v) is 3.49. The Morgan fingerprint density at radius 3 is 2.70 bits per heavy atom. The van der Waals surface area contributed by atoms with Crippen LogP contribution in [0.25, 0.3) is 0 Å². The fraction of sp³-hybridized carbons (Fsp3) is 0.350. The van der Waals surface area contributed by atoms with Gasteiger partial charge in [0.25, 0.3) is 5.69 Å². The highest BCUT2D eigenvalue weighted by molar-refractivity contribution is 5.90. The second-order valence-corrected chi connectivity index (χ2v) is 7.18. The number of nitrogens with one attached hydrogen (secondary N) is 1. The summed E-state index contributed by atoms with van der Waals surface area (Å²) in [5, 5.41) is 25.5. The van der Waals surface area contributed by atoms with Crippen LogP contribution < -0.4 is 5.32 Å². The number of ether oxygens (including phenoxy) is 1. The maximum atomic E-state index is 12.0. The standard InChI is InChI=1S/C20H22N2O5/c1-4-27-19(24)13-8-9-16-15(11-13)18(23)20(2,3)17(21-16)12-6-5-7-14(10-12)22(25)26/h5-11,17-18,21,23H,4H2,1-3H3. The van der Waals surface area contributed by atoms with Gasteiger partial charge >= 0.3 is 5.97 Å². The van der Waals surface area contributed by atoms with E-state index in [-0.39, 0.29) is 18.3 Å². The fourth-order valence-electron chi connectivity index (χ4n) is 3.49. The molecule has 2 unspecified atom stereocenters. The molecular weight excluding hydrogens is 348 g/mol. The largest absolute Gasteiger partial charge is 0.462 e. The van der Waals surface area contributed by atoms with E-state index in [0.717, 1.165) is 0 Å². The van der Waals surface area contributed by atoms with Crippen molar-refractivity contribution in [2.24, 2.45) is 5.41 Å². The Kier molecular flexibility index (Phi) is 4.89. The van der Waals surface area contributed by atoms with Crippen molar-refractivity contribution in [1.82, 2.24) is 0 Å². The highest BCUT2D eigenvalue weighted by Crippen LogP contribution is 2.51. The summed E-state index contributed by atoms with van der Waals surface area (Å²) < 4.78 is 5.03. The maximum Gasteiger partial charge on any atom is 0.338 e. The van der Waals surface area contributed by atoms with Gasteiger partial charge in [-0.1, -0.05) is 26.0 Å². The predicted octanol–water partition coefficient (Wildman–Crippen LogP) is 4.00. The van der Waals surface area contributed by atoms with Crippen LogP contribution in [0.3, 0.4) is 0 Å². The molecule has 1 aliphatic rings. The number of rotatable bonds is 4. The predicted molar refractivity (Wildman–Crippen MR) is 101 cm³/mol. The number of aliphatic hydroxyl groups excluding tert-OH is 1. The smallest absolute Gasteiger partial charge is 0.338 e. The minimum absolute atomic E-state index is 0.00282. The molecule has 2 aromatic carbocycles. The van der Waals surface area contributed by atoms with Gasteiger partial charge in [-0.15, -0.1) is 0 Å². The van der Waals surface area contributed by atoms with Crippen LogP contribution in [0, 0.1) is 15.5 Å². The van der Waals surface area contributed by atoms with Gasteiger partial charge in [0.05, 0.1) is 29.2 Å². The molecule has 27 heavy (non-hydrogen) atoms. The first-order valence-electron chi connectivity index (χ1n) is 8.75. The molecule has 2 aromatic rings. The Hall–Kier alpha value is -2.93. The lowest BCUT2D eigenvalue weighted by Crippen LogP contribution is -2.38. The summed E-state index contributed by atoms with van der Waals surface area (Å²) >= 11 is 0. The number of nitrogens with zero attached hydrogens (tertiary/aromatic N) is 1. The number of non-ortho nitro benzene ring substituents is 1. The molecule has 142 valence electrons. The molecule has 0 spiro atoms. The van der Waals surface area contributed by atoms with Crippen molar-refractivity contribution in [3.05, 3.63) is 69.3 Å². The number of hydrogen-bond acceptors (Lipinski definition) is 6. The second kappa shape index (κ2) is 7.00. The summed E-state index contributed by atoms with van der Waals surface area (Å²) in [6, 6.07) is 11.1. The van der Waals surface area contributed by atoms with Crippen molar-refractivity contribution in [2.75, 3.05) is 11.9 Å². The maximum absolute atomic E-state index is 12.0. The number of hydrogen-bond donors (Lipinski definition) is 2. The number of nitro benzene ring substituents is 1. The van der Waals surface area contributed by atoms with Crippen LogP contribution in [0.4, 0.5) is 11.4 Å². The zero-order chi connectivity index (χ0) is 19.8. The molecule has 7 nitrogen and oxygen atoms in total. The summed E-state index contributed by atoms with van der Waals surface area (Å²) in [6.45, 7) is 5.78. The van der Waals surface area contributed by atoms with E-state index in [4.69, 9.17) is 4.74 Å². The van der Waals surface area contributed by atoms with E-state index in [0.29, 0.717) is 22.4 Å². The van der Waals surface area contributed by atoms with Gasteiger partial charge in [0.2, 0.25) is 0 Å². The number of carbonyl (C=O) groups is 1. The van der Waals surface area contributed by atoms with E-state index in [1.165, 1.54) is 12.1 Å². The number of benzene rings is 2. The highest BCUT2D eigenvalue weighted by Gasteiger charge is 2.43. The average molecular weight is 370 g/mol. The molecule has 1 aliphatic heterocycles. The van der Waals surface area contributed by atoms with Crippen LogP contribution in [0.2, 0.25) is 0 Å². The zero-order valence-electron chi connectivity index (χ0n) is 15.4. The minimum atomic E-state index is -0.868. The monoisotopic (exact) mass is 370 g/mol. The van der Waals surface area contributed by atoms with Crippen LogP contribution in [0.5, 0.6) is 0 Å². The molecule has 2 N–H and O–H groups in total. The Morgan fingerprint density at radius 1 is 1.30 bits per heavy atom. The lowest BCUT2D eigenvalue weighted by atomic mass is 9.70. The normalized spacial score (nSPS) is 20.3. The topological polar surface area (TPSA) is 102 Å². The van der Waals surface area contributed by atoms with E-state index in [2.05, 4.69) is 5.32 Å². The molecule has 0 radical (unpaired) electrons. The number of esters is 1. The van der Waals surface area contributed by atoms with Crippen LogP contribution >= 0.6 is 0 Å². The van der Waals surface area contributed by atoms with Crippen molar-refractivity contribution in [2.45, 2.75) is 32.9 Å². The lowest BCUT2D eigenvalue weighted by Gasteiger charge is -2.44. The quantitative estimate of drug-likeness (QED) is 0.479. The second-order valence-electron chi connectivity index (χ2n) is 7.18. The summed E-state index contributed by atoms with van der Waals surface area (Å²) in [6.07, 6.45) is -0.868. The van der Waals surface area contributed by atoms with Crippen LogP contribution in [0.15, 0.2) is 42.5 Å². The van der Waals surface area contributed by atoms with Crippen LogP contribution in [-0.2, 0) is 4.74 Å². The van der Waals surface area contributed by atoms with E-state index >= 15 is 0 Å². The molecule has 0 aliphatic carbocycles. The number of anilines is 1. The highest BCUT2D eigenvalue weighted by atomic mass is 16.6. The third kappa shape index (κ3) is 3.38. The van der Waals surface area contributed by atoms with Gasteiger partial charge < -0.3 is 15.2 Å². The molecule has 1 heterocycles. The first-order valence-corrected chi connectivity index (χ1v) is 8.75. The molecule has 0 saturated heterocycles. The summed E-state index contributed by atoms with van der Waals surface area (Å²) in [7, 11) is 0. The Bertz CT molecular complexity index is 894. The van der Waals surface area contributed by atoms with Gasteiger partial charge in [-0.25, -0.2) is 4.79 Å². The molecule has 3 rings (SSSR count). The first kappa shape index (κ1) is 18.8. The molecule has 2 atom stereocenters. The Morgan fingerprint density at radius 2 is 2.04 bits per heavy atom. The number of carbonyl (C=O) groups excluding carboxylic acids is 1. The van der Waals surface area contributed by atoms with Gasteiger partial charge in [-0.3, -0.25) is 10.1 Å². The first-order chi connectivity index (χ1) is 12.8. The minimum Gasteiger partial charge on any atom is -0.462 e. The molecule has 0 saturated carbocycles. The molecule has 0 bridgehead atoms. The average Bonchev–Trinajstić information content (AvgIpc) is 2.64. The van der Waals surface area contributed by atoms with E-state index in [1.807, 2.05) is 13.8 Å². The van der Waals surface area contributed by atoms with Gasteiger partial charge in [0, 0.05) is 28.8 Å². The van der Waals surface area contributed by atoms with Gasteiger partial charge in [-0.05, 0) is 30.7 Å².